The third kappa shape index (κ3) is 62.7. The van der Waals surface area contributed by atoms with Crippen molar-refractivity contribution in [3.05, 3.63) is 158 Å². The Balaban J connectivity index is 4.19. The van der Waals surface area contributed by atoms with Crippen molar-refractivity contribution in [2.24, 2.45) is 0 Å². The van der Waals surface area contributed by atoms with Crippen LogP contribution in [0.4, 0.5) is 0 Å². The van der Waals surface area contributed by atoms with E-state index < -0.39 is 32.5 Å². The fourth-order valence-electron chi connectivity index (χ4n) is 7.57. The number of likely N-dealkylation sites (N-methyl/N-ethyl adjacent to an activating group) is 1. The first-order valence-electron chi connectivity index (χ1n) is 30.7. The Bertz CT molecular complexity index is 1890. The van der Waals surface area contributed by atoms with E-state index in [2.05, 4.69) is 172 Å². The van der Waals surface area contributed by atoms with E-state index in [0.717, 1.165) is 135 Å². The van der Waals surface area contributed by atoms with E-state index in [1.165, 1.54) is 38.5 Å². The van der Waals surface area contributed by atoms with Crippen LogP contribution in [0.15, 0.2) is 158 Å². The predicted octanol–water partition coefficient (Wildman–Crippen LogP) is 19.0. The molecule has 2 atom stereocenters. The Kier molecular flexibility index (Phi) is 55.1. The molecule has 0 radical (unpaired) electrons. The zero-order valence-electron chi connectivity index (χ0n) is 50.5. The third-order valence-electron chi connectivity index (χ3n) is 12.3. The van der Waals surface area contributed by atoms with Crippen LogP contribution in [0.1, 0.15) is 213 Å². The van der Waals surface area contributed by atoms with Crippen molar-refractivity contribution in [2.45, 2.75) is 219 Å². The summed E-state index contributed by atoms with van der Waals surface area (Å²) in [6, 6.07) is 0. The van der Waals surface area contributed by atoms with Gasteiger partial charge in [-0.1, -0.05) is 230 Å². The molecular formula is C69H112NO8P. The number of nitrogens with zero attached hydrogens (tertiary/aromatic N) is 1. The minimum absolute atomic E-state index is 0.0454. The lowest BCUT2D eigenvalue weighted by atomic mass is 10.1. The minimum atomic E-state index is -4.65. The van der Waals surface area contributed by atoms with Gasteiger partial charge in [-0.3, -0.25) is 14.2 Å². The van der Waals surface area contributed by atoms with Gasteiger partial charge in [0.05, 0.1) is 27.7 Å². The predicted molar refractivity (Wildman–Crippen MR) is 337 cm³/mol. The number of phosphoric ester groups is 1. The molecule has 0 aliphatic heterocycles. The van der Waals surface area contributed by atoms with Crippen LogP contribution in [0.3, 0.4) is 0 Å². The van der Waals surface area contributed by atoms with E-state index in [1.54, 1.807) is 0 Å². The monoisotopic (exact) mass is 1110 g/mol. The lowest BCUT2D eigenvalue weighted by Gasteiger charge is -2.28. The average Bonchev–Trinajstić information content (AvgIpc) is 3.41. The van der Waals surface area contributed by atoms with Crippen LogP contribution in [0.5, 0.6) is 0 Å². The molecule has 0 heterocycles. The lowest BCUT2D eigenvalue weighted by Crippen LogP contribution is -2.37. The second-order valence-corrected chi connectivity index (χ2v) is 22.4. The Hall–Kier alpha value is -4.37. The zero-order valence-corrected chi connectivity index (χ0v) is 51.4. The highest BCUT2D eigenvalue weighted by Crippen LogP contribution is 2.38. The van der Waals surface area contributed by atoms with Crippen LogP contribution in [0.25, 0.3) is 0 Å². The number of ether oxygens (including phenoxy) is 2. The topological polar surface area (TPSA) is 111 Å². The Morgan fingerprint density at radius 2 is 0.722 bits per heavy atom. The van der Waals surface area contributed by atoms with Crippen molar-refractivity contribution >= 4 is 19.8 Å². The maximum Gasteiger partial charge on any atom is 0.306 e. The van der Waals surface area contributed by atoms with E-state index in [-0.39, 0.29) is 26.1 Å². The highest BCUT2D eigenvalue weighted by molar-refractivity contribution is 7.45. The van der Waals surface area contributed by atoms with Crippen LogP contribution in [-0.4, -0.2) is 70.0 Å². The van der Waals surface area contributed by atoms with Crippen molar-refractivity contribution < 1.29 is 42.1 Å². The summed E-state index contributed by atoms with van der Waals surface area (Å²) in [4.78, 5) is 37.8. The van der Waals surface area contributed by atoms with Crippen LogP contribution in [0, 0.1) is 0 Å². The number of rotatable bonds is 54. The van der Waals surface area contributed by atoms with Gasteiger partial charge in [0.15, 0.2) is 6.10 Å². The molecule has 0 saturated heterocycles. The number of esters is 2. The standard InChI is InChI=1S/C69H112NO8P/c1-6-8-10-12-14-16-18-20-22-23-24-25-26-27-28-29-30-31-32-33-34-35-36-37-38-39-40-41-42-43-44-45-46-47-48-50-52-54-56-58-60-62-69(72)78-67(66-77-79(73,74)76-64-63-70(3,4)5)65-75-68(71)61-59-57-55-53-51-49-21-19-17-15-13-11-9-7-2/h8,10,14,16,19-22,24-25,27-28,30-31,33-34,36-37,39-40,42-43,45-46,48,50,67H,6-7,9,11-13,15,17-18,23,26,29,32,35,38,41,44,47,49,51-66H2,1-5H3/b10-8-,16-14-,21-19-,22-20-,25-24-,28-27-,31-30-,34-33-,37-36-,40-39-,43-42-,46-45-,50-48-. The fourth-order valence-corrected chi connectivity index (χ4v) is 8.30. The second-order valence-electron chi connectivity index (χ2n) is 21.0. The highest BCUT2D eigenvalue weighted by Gasteiger charge is 2.21. The normalized spacial score (nSPS) is 14.4. The molecule has 0 fully saturated rings. The smallest absolute Gasteiger partial charge is 0.306 e. The van der Waals surface area contributed by atoms with Gasteiger partial charge < -0.3 is 27.9 Å². The van der Waals surface area contributed by atoms with Gasteiger partial charge in [0.1, 0.15) is 19.8 Å². The van der Waals surface area contributed by atoms with Gasteiger partial charge in [-0.05, 0) is 128 Å². The molecule has 10 heteroatoms. The quantitative estimate of drug-likeness (QED) is 0.0195. The number of carbonyl (C=O) groups excluding carboxylic acids is 2. The summed E-state index contributed by atoms with van der Waals surface area (Å²) in [7, 11) is 1.12. The summed E-state index contributed by atoms with van der Waals surface area (Å²) in [5.74, 6) is -0.885. The van der Waals surface area contributed by atoms with E-state index in [1.807, 2.05) is 21.1 Å². The van der Waals surface area contributed by atoms with Gasteiger partial charge in [-0.2, -0.15) is 0 Å². The number of hydrogen-bond donors (Lipinski definition) is 0. The number of unbranched alkanes of at least 4 members (excludes halogenated alkanes) is 14. The number of carbonyl (C=O) groups is 2. The van der Waals surface area contributed by atoms with Crippen molar-refractivity contribution in [3.8, 4) is 0 Å². The number of hydrogen-bond acceptors (Lipinski definition) is 8. The molecule has 0 bridgehead atoms. The number of phosphoric acid groups is 1. The molecule has 0 aromatic rings. The summed E-state index contributed by atoms with van der Waals surface area (Å²) >= 11 is 0. The van der Waals surface area contributed by atoms with Crippen molar-refractivity contribution in [1.82, 2.24) is 0 Å². The summed E-state index contributed by atoms with van der Waals surface area (Å²) in [6.07, 6.45) is 87.3. The van der Waals surface area contributed by atoms with E-state index in [9.17, 15) is 19.0 Å². The summed E-state index contributed by atoms with van der Waals surface area (Å²) in [5.41, 5.74) is 0. The highest BCUT2D eigenvalue weighted by atomic mass is 31.2. The maximum atomic E-state index is 12.8. The van der Waals surface area contributed by atoms with Crippen molar-refractivity contribution in [3.63, 3.8) is 0 Å². The third-order valence-corrected chi connectivity index (χ3v) is 13.2. The van der Waals surface area contributed by atoms with E-state index >= 15 is 0 Å². The molecule has 0 aromatic heterocycles. The average molecular weight is 1110 g/mol. The molecule has 0 N–H and O–H groups in total. The molecule has 0 amide bonds. The van der Waals surface area contributed by atoms with Gasteiger partial charge in [-0.25, -0.2) is 0 Å². The molecule has 0 aliphatic carbocycles. The second kappa shape index (κ2) is 58.3. The first-order chi connectivity index (χ1) is 38.5. The molecule has 0 aromatic carbocycles. The van der Waals surface area contributed by atoms with Gasteiger partial charge in [-0.15, -0.1) is 0 Å². The molecule has 446 valence electrons. The fraction of sp³-hybridized carbons (Fsp3) is 0.594. The summed E-state index contributed by atoms with van der Waals surface area (Å²) < 4.78 is 34.1. The zero-order chi connectivity index (χ0) is 57.7. The molecule has 0 aliphatic rings. The van der Waals surface area contributed by atoms with E-state index in [0.29, 0.717) is 23.9 Å². The first-order valence-corrected chi connectivity index (χ1v) is 32.2. The van der Waals surface area contributed by atoms with Crippen molar-refractivity contribution in [1.29, 1.82) is 0 Å². The van der Waals surface area contributed by atoms with Crippen molar-refractivity contribution in [2.75, 3.05) is 47.5 Å². The first kappa shape index (κ1) is 74.6. The SMILES string of the molecule is CC/C=C\C/C=C\C/C=C\C/C=C\C/C=C\C/C=C\C/C=C\C/C=C\C/C=C\C/C=C\C/C=C\C/C=C\CCCCCCC(=O)OC(COC(=O)CCCCCCC/C=C\CCCCCCC)COP(=O)([O-])OCC[N+](C)(C)C. The molecule has 0 saturated carbocycles. The minimum Gasteiger partial charge on any atom is -0.756 e. The Morgan fingerprint density at radius 1 is 0.405 bits per heavy atom. The van der Waals surface area contributed by atoms with Crippen LogP contribution >= 0.6 is 7.82 Å². The molecule has 2 unspecified atom stereocenters. The molecule has 9 nitrogen and oxygen atoms in total. The maximum absolute atomic E-state index is 12.8. The van der Waals surface area contributed by atoms with Gasteiger partial charge in [0, 0.05) is 12.8 Å². The molecule has 0 spiro atoms. The number of allylic oxidation sites excluding steroid dienone is 26. The molecule has 0 rings (SSSR count). The Labute approximate surface area is 484 Å². The van der Waals surface area contributed by atoms with Crippen LogP contribution < -0.4 is 4.89 Å². The van der Waals surface area contributed by atoms with Gasteiger partial charge in [0.25, 0.3) is 7.82 Å². The molecular weight excluding hydrogens is 1000 g/mol. The van der Waals surface area contributed by atoms with Gasteiger partial charge in [0.2, 0.25) is 0 Å². The summed E-state index contributed by atoms with van der Waals surface area (Å²) in [5, 5.41) is 0. The number of quaternary nitrogens is 1. The summed E-state index contributed by atoms with van der Waals surface area (Å²) in [6.45, 7) is 4.05. The van der Waals surface area contributed by atoms with E-state index in [4.69, 9.17) is 18.5 Å². The largest absolute Gasteiger partial charge is 0.756 e. The Morgan fingerprint density at radius 3 is 1.09 bits per heavy atom. The lowest BCUT2D eigenvalue weighted by molar-refractivity contribution is -0.870. The van der Waals surface area contributed by atoms with Crippen LogP contribution in [-0.2, 0) is 32.7 Å². The van der Waals surface area contributed by atoms with Crippen LogP contribution in [0.2, 0.25) is 0 Å². The van der Waals surface area contributed by atoms with Gasteiger partial charge >= 0.3 is 11.9 Å². The molecule has 79 heavy (non-hydrogen) atoms.